The number of aryl methyl sites for hydroxylation is 1. The summed E-state index contributed by atoms with van der Waals surface area (Å²) in [5, 5.41) is 0. The van der Waals surface area contributed by atoms with Gasteiger partial charge in [-0.15, -0.1) is 0 Å². The monoisotopic (exact) mass is 271 g/mol. The van der Waals surface area contributed by atoms with Crippen molar-refractivity contribution in [2.24, 2.45) is 11.8 Å². The van der Waals surface area contributed by atoms with Crippen LogP contribution < -0.4 is 5.73 Å². The molecular weight excluding hydrogens is 246 g/mol. The van der Waals surface area contributed by atoms with Crippen molar-refractivity contribution in [3.05, 3.63) is 24.0 Å². The Kier molecular flexibility index (Phi) is 3.45. The summed E-state index contributed by atoms with van der Waals surface area (Å²) in [6.45, 7) is 6.98. The second-order valence-electron chi connectivity index (χ2n) is 6.33. The molecule has 1 heterocycles. The van der Waals surface area contributed by atoms with Gasteiger partial charge in [-0.1, -0.05) is 33.6 Å². The van der Waals surface area contributed by atoms with E-state index < -0.39 is 0 Å². The van der Waals surface area contributed by atoms with Crippen LogP contribution in [0.3, 0.4) is 0 Å². The van der Waals surface area contributed by atoms with Crippen molar-refractivity contribution in [2.75, 3.05) is 5.73 Å². The van der Waals surface area contributed by atoms with E-state index in [0.717, 1.165) is 23.5 Å². The molecule has 0 radical (unpaired) electrons. The zero-order valence-electron chi connectivity index (χ0n) is 12.8. The topological polar surface area (TPSA) is 43.8 Å². The van der Waals surface area contributed by atoms with Gasteiger partial charge in [-0.05, 0) is 36.5 Å². The molecular formula is C17H25N3. The van der Waals surface area contributed by atoms with Crippen LogP contribution in [0.5, 0.6) is 0 Å². The van der Waals surface area contributed by atoms with Gasteiger partial charge < -0.3 is 10.3 Å². The lowest BCUT2D eigenvalue weighted by molar-refractivity contribution is 0.187. The summed E-state index contributed by atoms with van der Waals surface area (Å²) in [6.07, 6.45) is 4.94. The van der Waals surface area contributed by atoms with Gasteiger partial charge >= 0.3 is 0 Å². The number of anilines is 1. The highest BCUT2D eigenvalue weighted by atomic mass is 15.1. The van der Waals surface area contributed by atoms with E-state index >= 15 is 0 Å². The fraction of sp³-hybridized carbons (Fsp3) is 0.588. The van der Waals surface area contributed by atoms with E-state index in [4.69, 9.17) is 10.7 Å². The first kappa shape index (κ1) is 13.5. The molecule has 0 amide bonds. The number of hydrogen-bond acceptors (Lipinski definition) is 2. The van der Waals surface area contributed by atoms with Gasteiger partial charge in [0.2, 0.25) is 0 Å². The Morgan fingerprint density at radius 1 is 1.30 bits per heavy atom. The number of fused-ring (bicyclic) bond motifs is 1. The van der Waals surface area contributed by atoms with E-state index in [-0.39, 0.29) is 0 Å². The van der Waals surface area contributed by atoms with Crippen LogP contribution >= 0.6 is 0 Å². The molecule has 0 aliphatic heterocycles. The molecule has 20 heavy (non-hydrogen) atoms. The number of benzene rings is 1. The number of hydrogen-bond donors (Lipinski definition) is 1. The third kappa shape index (κ3) is 2.09. The maximum atomic E-state index is 5.90. The van der Waals surface area contributed by atoms with Crippen molar-refractivity contribution in [2.45, 2.75) is 52.5 Å². The van der Waals surface area contributed by atoms with Crippen LogP contribution in [0.25, 0.3) is 11.0 Å². The zero-order chi connectivity index (χ0) is 14.3. The Labute approximate surface area is 121 Å². The summed E-state index contributed by atoms with van der Waals surface area (Å²) in [5.41, 5.74) is 9.00. The quantitative estimate of drug-likeness (QED) is 0.833. The van der Waals surface area contributed by atoms with E-state index in [2.05, 4.69) is 31.4 Å². The van der Waals surface area contributed by atoms with Crippen molar-refractivity contribution >= 4 is 16.7 Å². The average molecular weight is 271 g/mol. The second-order valence-corrected chi connectivity index (χ2v) is 6.33. The van der Waals surface area contributed by atoms with Gasteiger partial charge in [0.15, 0.2) is 0 Å². The van der Waals surface area contributed by atoms with Gasteiger partial charge in [0.05, 0.1) is 11.0 Å². The summed E-state index contributed by atoms with van der Waals surface area (Å²) in [6, 6.07) is 6.73. The van der Waals surface area contributed by atoms with Gasteiger partial charge in [0.25, 0.3) is 0 Å². The molecule has 0 bridgehead atoms. The van der Waals surface area contributed by atoms with Crippen LogP contribution in [0.2, 0.25) is 0 Å². The SMILES string of the molecule is CCc1nc2cc(N)ccc2n1C1CCCC(C)C1C. The fourth-order valence-corrected chi connectivity index (χ4v) is 3.70. The number of imidazole rings is 1. The zero-order valence-corrected chi connectivity index (χ0v) is 12.8. The standard InChI is InChI=1S/C17H25N3/c1-4-17-19-14-10-13(18)8-9-16(14)20(17)15-7-5-6-11(2)12(15)3/h8-12,15H,4-7,18H2,1-3H3. The Morgan fingerprint density at radius 2 is 2.10 bits per heavy atom. The van der Waals surface area contributed by atoms with E-state index in [1.54, 1.807) is 0 Å². The summed E-state index contributed by atoms with van der Waals surface area (Å²) < 4.78 is 2.50. The summed E-state index contributed by atoms with van der Waals surface area (Å²) in [5.74, 6) is 2.71. The third-order valence-electron chi connectivity index (χ3n) is 5.10. The molecule has 0 saturated heterocycles. The first-order valence-corrected chi connectivity index (χ1v) is 7.88. The van der Waals surface area contributed by atoms with Crippen molar-refractivity contribution in [3.63, 3.8) is 0 Å². The number of aromatic nitrogens is 2. The highest BCUT2D eigenvalue weighted by molar-refractivity contribution is 5.79. The van der Waals surface area contributed by atoms with Crippen molar-refractivity contribution in [1.29, 1.82) is 0 Å². The molecule has 1 aromatic carbocycles. The molecule has 1 aromatic heterocycles. The summed E-state index contributed by atoms with van der Waals surface area (Å²) >= 11 is 0. The maximum Gasteiger partial charge on any atom is 0.109 e. The molecule has 1 aliphatic rings. The Morgan fingerprint density at radius 3 is 2.85 bits per heavy atom. The highest BCUT2D eigenvalue weighted by Gasteiger charge is 2.30. The molecule has 3 nitrogen and oxygen atoms in total. The average Bonchev–Trinajstić information content (AvgIpc) is 2.79. The Balaban J connectivity index is 2.13. The number of rotatable bonds is 2. The molecule has 1 saturated carbocycles. The smallest absolute Gasteiger partial charge is 0.109 e. The van der Waals surface area contributed by atoms with Crippen LogP contribution in [0, 0.1) is 11.8 Å². The Bertz CT molecular complexity index is 614. The lowest BCUT2D eigenvalue weighted by Crippen LogP contribution is -2.28. The van der Waals surface area contributed by atoms with Crippen LogP contribution in [0.4, 0.5) is 5.69 Å². The molecule has 1 aliphatic carbocycles. The van der Waals surface area contributed by atoms with Gasteiger partial charge in [0.1, 0.15) is 5.82 Å². The van der Waals surface area contributed by atoms with Gasteiger partial charge in [-0.25, -0.2) is 4.98 Å². The molecule has 3 heteroatoms. The molecule has 2 aromatic rings. The number of nitrogen functional groups attached to an aromatic ring is 1. The van der Waals surface area contributed by atoms with Crippen molar-refractivity contribution in [3.8, 4) is 0 Å². The van der Waals surface area contributed by atoms with Crippen LogP contribution in [-0.2, 0) is 6.42 Å². The van der Waals surface area contributed by atoms with E-state index in [0.29, 0.717) is 12.0 Å². The Hall–Kier alpha value is -1.51. The molecule has 0 spiro atoms. The molecule has 3 atom stereocenters. The normalized spacial score (nSPS) is 27.1. The number of nitrogens with zero attached hydrogens (tertiary/aromatic N) is 2. The second kappa shape index (κ2) is 5.12. The van der Waals surface area contributed by atoms with E-state index in [1.807, 2.05) is 12.1 Å². The first-order chi connectivity index (χ1) is 9.61. The largest absolute Gasteiger partial charge is 0.399 e. The minimum Gasteiger partial charge on any atom is -0.399 e. The maximum absolute atomic E-state index is 5.90. The molecule has 108 valence electrons. The first-order valence-electron chi connectivity index (χ1n) is 7.88. The predicted octanol–water partition coefficient (Wildman–Crippen LogP) is 4.18. The highest BCUT2D eigenvalue weighted by Crippen LogP contribution is 2.40. The predicted molar refractivity (Wildman–Crippen MR) is 84.7 cm³/mol. The molecule has 1 fully saturated rings. The molecule has 3 rings (SSSR count). The van der Waals surface area contributed by atoms with Crippen LogP contribution in [-0.4, -0.2) is 9.55 Å². The van der Waals surface area contributed by atoms with E-state index in [9.17, 15) is 0 Å². The number of nitrogens with two attached hydrogens (primary N) is 1. The molecule has 3 unspecified atom stereocenters. The lowest BCUT2D eigenvalue weighted by atomic mass is 9.78. The molecule has 2 N–H and O–H groups in total. The van der Waals surface area contributed by atoms with Gasteiger partial charge in [-0.3, -0.25) is 0 Å². The lowest BCUT2D eigenvalue weighted by Gasteiger charge is -2.36. The minimum atomic E-state index is 0.585. The van der Waals surface area contributed by atoms with Crippen LogP contribution in [0.15, 0.2) is 18.2 Å². The summed E-state index contributed by atoms with van der Waals surface area (Å²) in [4.78, 5) is 4.81. The minimum absolute atomic E-state index is 0.585. The third-order valence-corrected chi connectivity index (χ3v) is 5.10. The van der Waals surface area contributed by atoms with Crippen molar-refractivity contribution < 1.29 is 0 Å². The fourth-order valence-electron chi connectivity index (χ4n) is 3.70. The van der Waals surface area contributed by atoms with Gasteiger partial charge in [0, 0.05) is 18.2 Å². The summed E-state index contributed by atoms with van der Waals surface area (Å²) in [7, 11) is 0. The van der Waals surface area contributed by atoms with E-state index in [1.165, 1.54) is 30.6 Å². The van der Waals surface area contributed by atoms with Crippen molar-refractivity contribution in [1.82, 2.24) is 9.55 Å². The van der Waals surface area contributed by atoms with Crippen LogP contribution in [0.1, 0.15) is 51.9 Å². The van der Waals surface area contributed by atoms with Gasteiger partial charge in [-0.2, -0.15) is 0 Å².